The summed E-state index contributed by atoms with van der Waals surface area (Å²) in [6.45, 7) is 3.87. The van der Waals surface area contributed by atoms with Crippen LogP contribution in [0.3, 0.4) is 0 Å². The van der Waals surface area contributed by atoms with Gasteiger partial charge in [-0.2, -0.15) is 5.26 Å². The number of nitrogens with zero attached hydrogens (tertiary/aromatic N) is 2. The Balaban J connectivity index is 2.34. The molecule has 0 saturated heterocycles. The van der Waals surface area contributed by atoms with Crippen LogP contribution in [-0.4, -0.2) is 43.4 Å². The molecule has 0 bridgehead atoms. The number of ether oxygens (including phenoxy) is 1. The first-order valence-corrected chi connectivity index (χ1v) is 6.56. The second-order valence-electron chi connectivity index (χ2n) is 4.63. The molecule has 1 N–H and O–H groups in total. The van der Waals surface area contributed by atoms with Gasteiger partial charge in [-0.15, -0.1) is 0 Å². The number of nitriles is 1. The molecule has 1 rings (SSSR count). The summed E-state index contributed by atoms with van der Waals surface area (Å²) in [6.07, 6.45) is 0. The predicted molar refractivity (Wildman–Crippen MR) is 78.2 cm³/mol. The zero-order chi connectivity index (χ0) is 14.8. The van der Waals surface area contributed by atoms with E-state index in [-0.39, 0.29) is 12.5 Å². The second kappa shape index (κ2) is 8.98. The van der Waals surface area contributed by atoms with Crippen LogP contribution in [0.4, 0.5) is 0 Å². The van der Waals surface area contributed by atoms with Crippen molar-refractivity contribution < 1.29 is 9.84 Å². The molecule has 0 spiro atoms. The molecule has 106 valence electrons. The van der Waals surface area contributed by atoms with E-state index < -0.39 is 0 Å². The summed E-state index contributed by atoms with van der Waals surface area (Å²) >= 11 is 0. The molecule has 4 heteroatoms. The van der Waals surface area contributed by atoms with Crippen molar-refractivity contribution >= 4 is 0 Å². The van der Waals surface area contributed by atoms with E-state index in [2.05, 4.69) is 22.8 Å². The lowest BCUT2D eigenvalue weighted by atomic mass is 10.2. The number of rotatable bonds is 6. The molecule has 1 aromatic rings. The van der Waals surface area contributed by atoms with Crippen LogP contribution in [0, 0.1) is 29.1 Å². The average Bonchev–Trinajstić information content (AvgIpc) is 2.46. The molecule has 1 aromatic carbocycles. The van der Waals surface area contributed by atoms with Crippen molar-refractivity contribution in [2.45, 2.75) is 6.92 Å². The topological polar surface area (TPSA) is 56.5 Å². The molecule has 4 nitrogen and oxygen atoms in total. The SMILES string of the molecule is CC(C#N)CN(C)CCOc1ccc(C#CCO)cc1. The van der Waals surface area contributed by atoms with Crippen molar-refractivity contribution in [2.75, 3.05) is 33.4 Å². The standard InChI is InChI=1S/C16H20N2O2/c1-14(12-17)13-18(2)9-11-20-16-7-5-15(6-8-16)4-3-10-19/h5-8,14,19H,9-11,13H2,1-2H3. The van der Waals surface area contributed by atoms with Gasteiger partial charge >= 0.3 is 0 Å². The molecule has 1 unspecified atom stereocenters. The molecular weight excluding hydrogens is 252 g/mol. The Kier molecular flexibility index (Phi) is 7.21. The van der Waals surface area contributed by atoms with Crippen LogP contribution in [0.25, 0.3) is 0 Å². The largest absolute Gasteiger partial charge is 0.492 e. The highest BCUT2D eigenvalue weighted by atomic mass is 16.5. The van der Waals surface area contributed by atoms with Gasteiger partial charge in [-0.25, -0.2) is 0 Å². The lowest BCUT2D eigenvalue weighted by Crippen LogP contribution is -2.28. The zero-order valence-corrected chi connectivity index (χ0v) is 12.0. The van der Waals surface area contributed by atoms with Gasteiger partial charge in [0, 0.05) is 18.7 Å². The number of hydrogen-bond donors (Lipinski definition) is 1. The van der Waals surface area contributed by atoms with Gasteiger partial charge in [-0.1, -0.05) is 11.8 Å². The van der Waals surface area contributed by atoms with Crippen molar-refractivity contribution in [2.24, 2.45) is 5.92 Å². The minimum atomic E-state index is -0.133. The molecule has 20 heavy (non-hydrogen) atoms. The molecular formula is C16H20N2O2. The van der Waals surface area contributed by atoms with Gasteiger partial charge < -0.3 is 14.7 Å². The maximum absolute atomic E-state index is 8.74. The van der Waals surface area contributed by atoms with Gasteiger partial charge in [0.1, 0.15) is 19.0 Å². The third-order valence-corrected chi connectivity index (χ3v) is 2.71. The lowest BCUT2D eigenvalue weighted by molar-refractivity contribution is 0.228. The Morgan fingerprint density at radius 1 is 1.35 bits per heavy atom. The van der Waals surface area contributed by atoms with E-state index in [1.165, 1.54) is 0 Å². The fourth-order valence-electron chi connectivity index (χ4n) is 1.70. The highest BCUT2D eigenvalue weighted by Crippen LogP contribution is 2.11. The summed E-state index contributed by atoms with van der Waals surface area (Å²) < 4.78 is 5.63. The summed E-state index contributed by atoms with van der Waals surface area (Å²) in [5.41, 5.74) is 0.853. The van der Waals surface area contributed by atoms with E-state index >= 15 is 0 Å². The van der Waals surface area contributed by atoms with Crippen LogP contribution < -0.4 is 4.74 Å². The third kappa shape index (κ3) is 6.24. The summed E-state index contributed by atoms with van der Waals surface area (Å²) in [6, 6.07) is 9.66. The Morgan fingerprint density at radius 2 is 2.05 bits per heavy atom. The Bertz CT molecular complexity index is 494. The van der Waals surface area contributed by atoms with Crippen LogP contribution in [0.1, 0.15) is 12.5 Å². The molecule has 0 aliphatic carbocycles. The predicted octanol–water partition coefficient (Wildman–Crippen LogP) is 1.50. The maximum atomic E-state index is 8.74. The smallest absolute Gasteiger partial charge is 0.119 e. The first kappa shape index (κ1) is 16.0. The van der Waals surface area contributed by atoms with Gasteiger partial charge in [0.2, 0.25) is 0 Å². The summed E-state index contributed by atoms with van der Waals surface area (Å²) in [5.74, 6) is 6.25. The van der Waals surface area contributed by atoms with Gasteiger partial charge in [-0.05, 0) is 38.2 Å². The Hall–Kier alpha value is -2.01. The van der Waals surface area contributed by atoms with Gasteiger partial charge in [0.25, 0.3) is 0 Å². The molecule has 0 amide bonds. The highest BCUT2D eigenvalue weighted by molar-refractivity contribution is 5.38. The van der Waals surface area contributed by atoms with E-state index in [0.29, 0.717) is 6.61 Å². The molecule has 0 aliphatic rings. The summed E-state index contributed by atoms with van der Waals surface area (Å²) in [7, 11) is 1.98. The normalized spacial score (nSPS) is 11.3. The van der Waals surface area contributed by atoms with Gasteiger partial charge in [0.05, 0.1) is 12.0 Å². The molecule has 0 radical (unpaired) electrons. The van der Waals surface area contributed by atoms with E-state index in [1.54, 1.807) is 0 Å². The van der Waals surface area contributed by atoms with E-state index in [0.717, 1.165) is 24.4 Å². The minimum absolute atomic E-state index is 0.0318. The lowest BCUT2D eigenvalue weighted by Gasteiger charge is -2.17. The van der Waals surface area contributed by atoms with Crippen molar-refractivity contribution in [3.8, 4) is 23.7 Å². The van der Waals surface area contributed by atoms with Crippen LogP contribution in [0.5, 0.6) is 5.75 Å². The number of aliphatic hydroxyl groups excluding tert-OH is 1. The number of benzene rings is 1. The van der Waals surface area contributed by atoms with Crippen molar-refractivity contribution in [1.82, 2.24) is 4.90 Å². The third-order valence-electron chi connectivity index (χ3n) is 2.71. The van der Waals surface area contributed by atoms with Crippen molar-refractivity contribution in [3.05, 3.63) is 29.8 Å². The fourth-order valence-corrected chi connectivity index (χ4v) is 1.70. The van der Waals surface area contributed by atoms with Gasteiger partial charge in [-0.3, -0.25) is 0 Å². The Labute approximate surface area is 120 Å². The quantitative estimate of drug-likeness (QED) is 0.797. The van der Waals surface area contributed by atoms with E-state index in [1.807, 2.05) is 38.2 Å². The van der Waals surface area contributed by atoms with E-state index in [4.69, 9.17) is 15.1 Å². The Morgan fingerprint density at radius 3 is 2.65 bits per heavy atom. The summed E-state index contributed by atoms with van der Waals surface area (Å²) in [4.78, 5) is 2.08. The van der Waals surface area contributed by atoms with Crippen molar-refractivity contribution in [1.29, 1.82) is 5.26 Å². The maximum Gasteiger partial charge on any atom is 0.119 e. The molecule has 0 heterocycles. The average molecular weight is 272 g/mol. The molecule has 0 aliphatic heterocycles. The van der Waals surface area contributed by atoms with Crippen LogP contribution >= 0.6 is 0 Å². The van der Waals surface area contributed by atoms with Gasteiger partial charge in [0.15, 0.2) is 0 Å². The summed E-state index contributed by atoms with van der Waals surface area (Å²) in [5, 5.41) is 17.3. The number of hydrogen-bond acceptors (Lipinski definition) is 4. The zero-order valence-electron chi connectivity index (χ0n) is 12.0. The monoisotopic (exact) mass is 272 g/mol. The molecule has 0 fully saturated rings. The molecule has 1 atom stereocenters. The van der Waals surface area contributed by atoms with Crippen LogP contribution in [-0.2, 0) is 0 Å². The van der Waals surface area contributed by atoms with Crippen molar-refractivity contribution in [3.63, 3.8) is 0 Å². The first-order valence-electron chi connectivity index (χ1n) is 6.56. The molecule has 0 aromatic heterocycles. The first-order chi connectivity index (χ1) is 9.65. The van der Waals surface area contributed by atoms with Crippen LogP contribution in [0.2, 0.25) is 0 Å². The highest BCUT2D eigenvalue weighted by Gasteiger charge is 2.04. The minimum Gasteiger partial charge on any atom is -0.492 e. The molecule has 0 saturated carbocycles. The second-order valence-corrected chi connectivity index (χ2v) is 4.63. The van der Waals surface area contributed by atoms with E-state index in [9.17, 15) is 0 Å². The van der Waals surface area contributed by atoms with Crippen LogP contribution in [0.15, 0.2) is 24.3 Å². The number of aliphatic hydroxyl groups is 1. The number of likely N-dealkylation sites (N-methyl/N-ethyl adjacent to an activating group) is 1. The fraction of sp³-hybridized carbons (Fsp3) is 0.438.